The molecule has 0 spiro atoms. The van der Waals surface area contributed by atoms with E-state index in [0.717, 1.165) is 17.0 Å². The third kappa shape index (κ3) is 3.52. The van der Waals surface area contributed by atoms with Crippen molar-refractivity contribution in [1.82, 2.24) is 5.32 Å². The van der Waals surface area contributed by atoms with E-state index in [1.165, 1.54) is 4.88 Å². The third-order valence-corrected chi connectivity index (χ3v) is 4.45. The number of hydrogen-bond acceptors (Lipinski definition) is 3. The minimum Gasteiger partial charge on any atom is -0.387 e. The first-order valence-corrected chi connectivity index (χ1v) is 7.66. The van der Waals surface area contributed by atoms with Crippen LogP contribution in [0.1, 0.15) is 27.0 Å². The number of benzene rings is 1. The highest BCUT2D eigenvalue weighted by Gasteiger charge is 2.11. The summed E-state index contributed by atoms with van der Waals surface area (Å²) in [7, 11) is 1.78. The number of nitrogens with one attached hydrogen (secondary N) is 2. The highest BCUT2D eigenvalue weighted by atomic mass is 35.5. The average molecular weight is 309 g/mol. The number of aryl methyl sites for hydroxylation is 1. The molecule has 1 aromatic carbocycles. The van der Waals surface area contributed by atoms with Crippen LogP contribution in [0.25, 0.3) is 0 Å². The standard InChI is InChI=1S/C15H17ClN2OS/c1-3-11-5-6-12(20-11)9-18-15(19)13-8-10(16)4-7-14(13)17-2/h4-8,17H,3,9H2,1-2H3,(H,18,19). The largest absolute Gasteiger partial charge is 0.387 e. The molecule has 0 saturated carbocycles. The van der Waals surface area contributed by atoms with Crippen molar-refractivity contribution in [2.45, 2.75) is 19.9 Å². The molecule has 0 aliphatic heterocycles. The topological polar surface area (TPSA) is 41.1 Å². The van der Waals surface area contributed by atoms with Gasteiger partial charge in [-0.05, 0) is 36.8 Å². The van der Waals surface area contributed by atoms with Gasteiger partial charge in [0.15, 0.2) is 0 Å². The lowest BCUT2D eigenvalue weighted by atomic mass is 10.1. The Kier molecular flexibility index (Phi) is 5.04. The van der Waals surface area contributed by atoms with E-state index in [2.05, 4.69) is 29.7 Å². The summed E-state index contributed by atoms with van der Waals surface area (Å²) >= 11 is 7.68. The molecule has 0 aliphatic carbocycles. The van der Waals surface area contributed by atoms with Crippen molar-refractivity contribution < 1.29 is 4.79 Å². The zero-order chi connectivity index (χ0) is 14.5. The Morgan fingerprint density at radius 3 is 2.65 bits per heavy atom. The lowest BCUT2D eigenvalue weighted by Crippen LogP contribution is -2.23. The predicted molar refractivity (Wildman–Crippen MR) is 85.9 cm³/mol. The molecule has 0 fully saturated rings. The van der Waals surface area contributed by atoms with Gasteiger partial charge in [0.05, 0.1) is 12.1 Å². The molecular formula is C15H17ClN2OS. The Bertz CT molecular complexity index is 610. The van der Waals surface area contributed by atoms with Gasteiger partial charge in [-0.1, -0.05) is 18.5 Å². The molecule has 0 radical (unpaired) electrons. The first kappa shape index (κ1) is 14.9. The zero-order valence-electron chi connectivity index (χ0n) is 11.5. The smallest absolute Gasteiger partial charge is 0.253 e. The van der Waals surface area contributed by atoms with Gasteiger partial charge in [0.2, 0.25) is 0 Å². The molecule has 20 heavy (non-hydrogen) atoms. The summed E-state index contributed by atoms with van der Waals surface area (Å²) in [6.07, 6.45) is 1.02. The maximum atomic E-state index is 12.2. The van der Waals surface area contributed by atoms with Crippen LogP contribution in [0.4, 0.5) is 5.69 Å². The maximum Gasteiger partial charge on any atom is 0.253 e. The average Bonchev–Trinajstić information content (AvgIpc) is 2.92. The zero-order valence-corrected chi connectivity index (χ0v) is 13.1. The van der Waals surface area contributed by atoms with Gasteiger partial charge in [0.25, 0.3) is 5.91 Å². The second-order valence-electron chi connectivity index (χ2n) is 4.34. The van der Waals surface area contributed by atoms with Crippen LogP contribution in [0.15, 0.2) is 30.3 Å². The van der Waals surface area contributed by atoms with Crippen LogP contribution in [0.2, 0.25) is 5.02 Å². The van der Waals surface area contributed by atoms with Gasteiger partial charge in [-0.25, -0.2) is 0 Å². The molecule has 1 heterocycles. The van der Waals surface area contributed by atoms with Crippen LogP contribution in [0.3, 0.4) is 0 Å². The Labute approximate surface area is 128 Å². The summed E-state index contributed by atoms with van der Waals surface area (Å²) in [5.74, 6) is -0.122. The van der Waals surface area contributed by atoms with E-state index in [0.29, 0.717) is 17.1 Å². The van der Waals surface area contributed by atoms with E-state index >= 15 is 0 Å². The minimum absolute atomic E-state index is 0.122. The van der Waals surface area contributed by atoms with Crippen molar-refractivity contribution >= 4 is 34.5 Å². The molecule has 106 valence electrons. The Balaban J connectivity index is 2.06. The Hall–Kier alpha value is -1.52. The monoisotopic (exact) mass is 308 g/mol. The molecule has 1 aromatic heterocycles. The molecule has 0 aliphatic rings. The Morgan fingerprint density at radius 1 is 1.25 bits per heavy atom. The molecule has 0 unspecified atom stereocenters. The number of anilines is 1. The van der Waals surface area contributed by atoms with E-state index < -0.39 is 0 Å². The van der Waals surface area contributed by atoms with Crippen molar-refractivity contribution in [2.24, 2.45) is 0 Å². The molecular weight excluding hydrogens is 292 g/mol. The van der Waals surface area contributed by atoms with Gasteiger partial charge in [0, 0.05) is 27.5 Å². The van der Waals surface area contributed by atoms with Gasteiger partial charge in [-0.3, -0.25) is 4.79 Å². The van der Waals surface area contributed by atoms with Crippen LogP contribution in [0, 0.1) is 0 Å². The summed E-state index contributed by atoms with van der Waals surface area (Å²) in [5.41, 5.74) is 1.33. The van der Waals surface area contributed by atoms with Crippen molar-refractivity contribution in [3.63, 3.8) is 0 Å². The van der Waals surface area contributed by atoms with Crippen molar-refractivity contribution in [3.05, 3.63) is 50.7 Å². The molecule has 0 bridgehead atoms. The maximum absolute atomic E-state index is 12.2. The molecule has 0 atom stereocenters. The number of halogens is 1. The van der Waals surface area contributed by atoms with Crippen LogP contribution in [0.5, 0.6) is 0 Å². The number of carbonyl (C=O) groups is 1. The predicted octanol–water partition coefficient (Wildman–Crippen LogP) is 3.94. The van der Waals surface area contributed by atoms with Gasteiger partial charge in [-0.15, -0.1) is 11.3 Å². The van der Waals surface area contributed by atoms with E-state index in [4.69, 9.17) is 11.6 Å². The molecule has 3 nitrogen and oxygen atoms in total. The van der Waals surface area contributed by atoms with Crippen LogP contribution >= 0.6 is 22.9 Å². The van der Waals surface area contributed by atoms with Gasteiger partial charge in [-0.2, -0.15) is 0 Å². The fourth-order valence-corrected chi connectivity index (χ4v) is 2.96. The number of amides is 1. The summed E-state index contributed by atoms with van der Waals surface area (Å²) in [5, 5.41) is 6.48. The lowest BCUT2D eigenvalue weighted by molar-refractivity contribution is 0.0952. The molecule has 5 heteroatoms. The number of rotatable bonds is 5. The molecule has 2 N–H and O–H groups in total. The van der Waals surface area contributed by atoms with Crippen molar-refractivity contribution in [1.29, 1.82) is 0 Å². The number of carbonyl (C=O) groups excluding carboxylic acids is 1. The highest BCUT2D eigenvalue weighted by molar-refractivity contribution is 7.11. The minimum atomic E-state index is -0.122. The second-order valence-corrected chi connectivity index (χ2v) is 6.03. The highest BCUT2D eigenvalue weighted by Crippen LogP contribution is 2.21. The Morgan fingerprint density at radius 2 is 2.00 bits per heavy atom. The second kappa shape index (κ2) is 6.77. The fourth-order valence-electron chi connectivity index (χ4n) is 1.89. The van der Waals surface area contributed by atoms with E-state index in [1.54, 1.807) is 36.6 Å². The normalized spacial score (nSPS) is 10.3. The summed E-state index contributed by atoms with van der Waals surface area (Å²) < 4.78 is 0. The van der Waals surface area contributed by atoms with Gasteiger partial charge in [0.1, 0.15) is 0 Å². The van der Waals surface area contributed by atoms with Crippen LogP contribution < -0.4 is 10.6 Å². The van der Waals surface area contributed by atoms with E-state index in [1.807, 2.05) is 0 Å². The number of hydrogen-bond donors (Lipinski definition) is 2. The quantitative estimate of drug-likeness (QED) is 0.878. The van der Waals surface area contributed by atoms with Crippen LogP contribution in [-0.2, 0) is 13.0 Å². The van der Waals surface area contributed by atoms with Gasteiger partial charge < -0.3 is 10.6 Å². The first-order chi connectivity index (χ1) is 9.63. The fraction of sp³-hybridized carbons (Fsp3) is 0.267. The molecule has 2 rings (SSSR count). The molecule has 1 amide bonds. The van der Waals surface area contributed by atoms with E-state index in [-0.39, 0.29) is 5.91 Å². The van der Waals surface area contributed by atoms with Crippen molar-refractivity contribution in [2.75, 3.05) is 12.4 Å². The van der Waals surface area contributed by atoms with Gasteiger partial charge >= 0.3 is 0 Å². The summed E-state index contributed by atoms with van der Waals surface area (Å²) in [6.45, 7) is 2.67. The molecule has 0 saturated heterocycles. The summed E-state index contributed by atoms with van der Waals surface area (Å²) in [4.78, 5) is 14.7. The SMILES string of the molecule is CCc1ccc(CNC(=O)c2cc(Cl)ccc2NC)s1. The lowest BCUT2D eigenvalue weighted by Gasteiger charge is -2.09. The summed E-state index contributed by atoms with van der Waals surface area (Å²) in [6, 6.07) is 9.40. The van der Waals surface area contributed by atoms with Crippen LogP contribution in [-0.4, -0.2) is 13.0 Å². The molecule has 2 aromatic rings. The van der Waals surface area contributed by atoms with Crippen molar-refractivity contribution in [3.8, 4) is 0 Å². The third-order valence-electron chi connectivity index (χ3n) is 2.98. The number of thiophene rings is 1. The first-order valence-electron chi connectivity index (χ1n) is 6.47. The van der Waals surface area contributed by atoms with E-state index in [9.17, 15) is 4.79 Å².